The number of imidazole rings is 1. The molecule has 0 radical (unpaired) electrons. The monoisotopic (exact) mass is 428 g/mol. The molecule has 0 unspecified atom stereocenters. The van der Waals surface area contributed by atoms with E-state index in [0.717, 1.165) is 23.6 Å². The molecular formula is C21H24N4O4S. The van der Waals surface area contributed by atoms with E-state index < -0.39 is 15.7 Å². The first-order chi connectivity index (χ1) is 14.4. The van der Waals surface area contributed by atoms with E-state index in [4.69, 9.17) is 0 Å². The standard InChI is InChI=1S/C21H24N4O4S/c1-2-22-12-14-23(15-13-22)20(26)16-24-18-10-6-7-11-19(18)25(21(24)27)30(28,29)17-8-4-3-5-9-17/h3-11H,2,12-16H2,1H3. The zero-order valence-corrected chi connectivity index (χ0v) is 17.6. The van der Waals surface area contributed by atoms with Crippen LogP contribution in [0.1, 0.15) is 6.92 Å². The predicted molar refractivity (Wildman–Crippen MR) is 114 cm³/mol. The average molecular weight is 429 g/mol. The molecule has 0 aliphatic carbocycles. The van der Waals surface area contributed by atoms with Crippen LogP contribution in [0.4, 0.5) is 0 Å². The van der Waals surface area contributed by atoms with Crippen LogP contribution >= 0.6 is 0 Å². The number of likely N-dealkylation sites (N-methyl/N-ethyl adjacent to an activating group) is 1. The quantitative estimate of drug-likeness (QED) is 0.610. The Morgan fingerprint density at radius 2 is 1.50 bits per heavy atom. The number of rotatable bonds is 5. The smallest absolute Gasteiger partial charge is 0.339 e. The van der Waals surface area contributed by atoms with Gasteiger partial charge in [0.05, 0.1) is 15.9 Å². The largest absolute Gasteiger partial charge is 0.343 e. The molecule has 1 saturated heterocycles. The summed E-state index contributed by atoms with van der Waals surface area (Å²) in [5.41, 5.74) is -0.0573. The molecule has 158 valence electrons. The topological polar surface area (TPSA) is 84.6 Å². The number of fused-ring (bicyclic) bond motifs is 1. The van der Waals surface area contributed by atoms with Crippen LogP contribution in [-0.4, -0.2) is 65.4 Å². The lowest BCUT2D eigenvalue weighted by atomic mass is 10.3. The summed E-state index contributed by atoms with van der Waals surface area (Å²) in [6.07, 6.45) is 0. The molecule has 0 atom stereocenters. The zero-order valence-electron chi connectivity index (χ0n) is 16.8. The number of hydrogen-bond donors (Lipinski definition) is 0. The summed E-state index contributed by atoms with van der Waals surface area (Å²) in [5.74, 6) is -0.187. The maximum Gasteiger partial charge on any atom is 0.343 e. The molecule has 1 aromatic heterocycles. The number of nitrogens with zero attached hydrogens (tertiary/aromatic N) is 4. The highest BCUT2D eigenvalue weighted by molar-refractivity contribution is 7.90. The number of para-hydroxylation sites is 2. The summed E-state index contributed by atoms with van der Waals surface area (Å²) in [6, 6.07) is 14.5. The second-order valence-corrected chi connectivity index (χ2v) is 9.04. The van der Waals surface area contributed by atoms with Crippen LogP contribution in [0.25, 0.3) is 11.0 Å². The normalized spacial score (nSPS) is 15.6. The first-order valence-corrected chi connectivity index (χ1v) is 11.4. The highest BCUT2D eigenvalue weighted by Crippen LogP contribution is 2.19. The minimum Gasteiger partial charge on any atom is -0.339 e. The molecule has 1 fully saturated rings. The van der Waals surface area contributed by atoms with E-state index >= 15 is 0 Å². The molecule has 1 amide bonds. The van der Waals surface area contributed by atoms with Crippen LogP contribution in [0.5, 0.6) is 0 Å². The van der Waals surface area contributed by atoms with Crippen molar-refractivity contribution >= 4 is 27.0 Å². The fraction of sp³-hybridized carbons (Fsp3) is 0.333. The van der Waals surface area contributed by atoms with Gasteiger partial charge in [-0.05, 0) is 30.8 Å². The summed E-state index contributed by atoms with van der Waals surface area (Å²) < 4.78 is 28.4. The van der Waals surface area contributed by atoms with Gasteiger partial charge >= 0.3 is 5.69 Å². The van der Waals surface area contributed by atoms with E-state index in [0.29, 0.717) is 18.6 Å². The summed E-state index contributed by atoms with van der Waals surface area (Å²) in [6.45, 7) is 5.61. The first-order valence-electron chi connectivity index (χ1n) is 9.94. The second kappa shape index (κ2) is 8.08. The van der Waals surface area contributed by atoms with E-state index in [1.807, 2.05) is 0 Å². The molecule has 1 aliphatic heterocycles. The molecular weight excluding hydrogens is 404 g/mol. The van der Waals surface area contributed by atoms with E-state index in [-0.39, 0.29) is 22.9 Å². The molecule has 0 N–H and O–H groups in total. The molecule has 4 rings (SSSR count). The summed E-state index contributed by atoms with van der Waals surface area (Å²) >= 11 is 0. The SMILES string of the molecule is CCN1CCN(C(=O)Cn2c(=O)n(S(=O)(=O)c3ccccc3)c3ccccc32)CC1. The minimum atomic E-state index is -4.09. The number of amides is 1. The summed E-state index contributed by atoms with van der Waals surface area (Å²) in [5, 5.41) is 0. The third kappa shape index (κ3) is 3.54. The van der Waals surface area contributed by atoms with Crippen LogP contribution in [0.15, 0.2) is 64.3 Å². The number of piperazine rings is 1. The second-order valence-electron chi connectivity index (χ2n) is 7.25. The molecule has 2 aromatic carbocycles. The van der Waals surface area contributed by atoms with Crippen LogP contribution in [-0.2, 0) is 21.4 Å². The van der Waals surface area contributed by atoms with Crippen molar-refractivity contribution in [3.63, 3.8) is 0 Å². The predicted octanol–water partition coefficient (Wildman–Crippen LogP) is 1.20. The number of benzene rings is 2. The maximum absolute atomic E-state index is 13.2. The molecule has 0 bridgehead atoms. The van der Waals surface area contributed by atoms with Gasteiger partial charge in [-0.15, -0.1) is 0 Å². The van der Waals surface area contributed by atoms with Crippen LogP contribution in [0.2, 0.25) is 0 Å². The lowest BCUT2D eigenvalue weighted by Gasteiger charge is -2.34. The van der Waals surface area contributed by atoms with E-state index in [1.54, 1.807) is 47.4 Å². The zero-order chi connectivity index (χ0) is 21.3. The third-order valence-electron chi connectivity index (χ3n) is 5.54. The van der Waals surface area contributed by atoms with Crippen molar-refractivity contribution in [3.8, 4) is 0 Å². The fourth-order valence-corrected chi connectivity index (χ4v) is 5.24. The molecule has 0 spiro atoms. The van der Waals surface area contributed by atoms with Gasteiger partial charge in [0.2, 0.25) is 5.91 Å². The summed E-state index contributed by atoms with van der Waals surface area (Å²) in [4.78, 5) is 30.1. The van der Waals surface area contributed by atoms with Gasteiger partial charge in [0.25, 0.3) is 10.0 Å². The fourth-order valence-electron chi connectivity index (χ4n) is 3.81. The Bertz CT molecular complexity index is 1220. The van der Waals surface area contributed by atoms with Crippen molar-refractivity contribution in [1.29, 1.82) is 0 Å². The maximum atomic E-state index is 13.2. The van der Waals surface area contributed by atoms with Crippen molar-refractivity contribution in [1.82, 2.24) is 18.3 Å². The number of carbonyl (C=O) groups excluding carboxylic acids is 1. The van der Waals surface area contributed by atoms with Gasteiger partial charge in [-0.1, -0.05) is 37.3 Å². The number of aromatic nitrogens is 2. The van der Waals surface area contributed by atoms with Gasteiger partial charge in [0.1, 0.15) is 6.54 Å². The van der Waals surface area contributed by atoms with Gasteiger partial charge in [-0.25, -0.2) is 13.2 Å². The van der Waals surface area contributed by atoms with Crippen LogP contribution < -0.4 is 5.69 Å². The Morgan fingerprint density at radius 3 is 2.13 bits per heavy atom. The Morgan fingerprint density at radius 1 is 0.900 bits per heavy atom. The Labute approximate surface area is 175 Å². The number of hydrogen-bond acceptors (Lipinski definition) is 5. The highest BCUT2D eigenvalue weighted by atomic mass is 32.2. The van der Waals surface area contributed by atoms with E-state index in [1.165, 1.54) is 16.7 Å². The van der Waals surface area contributed by atoms with Gasteiger partial charge in [0.15, 0.2) is 0 Å². The van der Waals surface area contributed by atoms with Crippen molar-refractivity contribution in [2.24, 2.45) is 0 Å². The lowest BCUT2D eigenvalue weighted by molar-refractivity contribution is -0.133. The molecule has 8 nitrogen and oxygen atoms in total. The number of carbonyl (C=O) groups is 1. The molecule has 0 saturated carbocycles. The Balaban J connectivity index is 1.73. The van der Waals surface area contributed by atoms with Gasteiger partial charge in [-0.3, -0.25) is 9.36 Å². The summed E-state index contributed by atoms with van der Waals surface area (Å²) in [7, 11) is -4.09. The van der Waals surface area contributed by atoms with Gasteiger partial charge in [-0.2, -0.15) is 3.97 Å². The Hall–Kier alpha value is -2.91. The van der Waals surface area contributed by atoms with E-state index in [2.05, 4.69) is 11.8 Å². The molecule has 30 heavy (non-hydrogen) atoms. The van der Waals surface area contributed by atoms with Crippen molar-refractivity contribution in [3.05, 3.63) is 65.1 Å². The Kier molecular flexibility index (Phi) is 5.48. The average Bonchev–Trinajstić information content (AvgIpc) is 3.06. The van der Waals surface area contributed by atoms with Crippen molar-refractivity contribution < 1.29 is 13.2 Å². The van der Waals surface area contributed by atoms with Crippen LogP contribution in [0, 0.1) is 0 Å². The molecule has 9 heteroatoms. The van der Waals surface area contributed by atoms with Crippen molar-refractivity contribution in [2.45, 2.75) is 18.4 Å². The molecule has 1 aliphatic rings. The molecule has 3 aromatic rings. The van der Waals surface area contributed by atoms with Crippen LogP contribution in [0.3, 0.4) is 0 Å². The van der Waals surface area contributed by atoms with E-state index in [9.17, 15) is 18.0 Å². The van der Waals surface area contributed by atoms with Gasteiger partial charge < -0.3 is 9.80 Å². The first kappa shape index (κ1) is 20.4. The lowest BCUT2D eigenvalue weighted by Crippen LogP contribution is -2.49. The highest BCUT2D eigenvalue weighted by Gasteiger charge is 2.27. The van der Waals surface area contributed by atoms with Crippen molar-refractivity contribution in [2.75, 3.05) is 32.7 Å². The minimum absolute atomic E-state index is 0.0250. The third-order valence-corrected chi connectivity index (χ3v) is 7.24. The van der Waals surface area contributed by atoms with Gasteiger partial charge in [0, 0.05) is 26.2 Å². The molecule has 2 heterocycles.